The summed E-state index contributed by atoms with van der Waals surface area (Å²) in [7, 11) is 1.97. The van der Waals surface area contributed by atoms with Gasteiger partial charge in [-0.1, -0.05) is 0 Å². The maximum Gasteiger partial charge on any atom is 0.122 e. The fraction of sp³-hybridized carbons (Fsp3) is 0.786. The van der Waals surface area contributed by atoms with Gasteiger partial charge in [0.1, 0.15) is 5.82 Å². The van der Waals surface area contributed by atoms with Gasteiger partial charge in [-0.2, -0.15) is 0 Å². The monoisotopic (exact) mass is 296 g/mol. The first-order valence-electron chi connectivity index (χ1n) is 7.53. The first kappa shape index (κ1) is 14.9. The number of aromatic nitrogens is 2. The molecule has 118 valence electrons. The smallest absolute Gasteiger partial charge is 0.122 e. The summed E-state index contributed by atoms with van der Waals surface area (Å²) in [5.41, 5.74) is 0. The number of morpholine rings is 1. The minimum atomic E-state index is -0.479. The molecule has 21 heavy (non-hydrogen) atoms. The summed E-state index contributed by atoms with van der Waals surface area (Å²) in [4.78, 5) is 6.56. The Balaban J connectivity index is 1.46. The van der Waals surface area contributed by atoms with E-state index in [0.29, 0.717) is 13.2 Å². The lowest BCUT2D eigenvalue weighted by Gasteiger charge is -2.30. The second-order valence-electron chi connectivity index (χ2n) is 5.72. The molecule has 0 radical (unpaired) electrons. The molecule has 3 rings (SSSR count). The van der Waals surface area contributed by atoms with E-state index in [-0.39, 0.29) is 12.1 Å². The van der Waals surface area contributed by atoms with Crippen LogP contribution < -0.4 is 5.32 Å². The van der Waals surface area contributed by atoms with Crippen molar-refractivity contribution in [3.8, 4) is 0 Å². The van der Waals surface area contributed by atoms with Gasteiger partial charge in [0, 0.05) is 39.1 Å². The molecule has 3 heterocycles. The second-order valence-corrected chi connectivity index (χ2v) is 5.72. The average Bonchev–Trinajstić information content (AvgIpc) is 3.06. The van der Waals surface area contributed by atoms with Crippen molar-refractivity contribution in [2.75, 3.05) is 39.5 Å². The summed E-state index contributed by atoms with van der Waals surface area (Å²) < 4.78 is 13.1. The molecule has 7 nitrogen and oxygen atoms in total. The van der Waals surface area contributed by atoms with Gasteiger partial charge in [0.25, 0.3) is 0 Å². The first-order valence-corrected chi connectivity index (χ1v) is 7.53. The molecule has 0 spiro atoms. The Kier molecular flexibility index (Phi) is 4.87. The molecular weight excluding hydrogens is 272 g/mol. The van der Waals surface area contributed by atoms with Crippen molar-refractivity contribution in [1.29, 1.82) is 0 Å². The van der Waals surface area contributed by atoms with Gasteiger partial charge in [0.05, 0.1) is 44.6 Å². The molecule has 0 bridgehead atoms. The third kappa shape index (κ3) is 3.61. The van der Waals surface area contributed by atoms with Crippen LogP contribution in [0.15, 0.2) is 12.4 Å². The minimum absolute atomic E-state index is 0.0345. The maximum absolute atomic E-state index is 10.4. The average molecular weight is 296 g/mol. The van der Waals surface area contributed by atoms with Gasteiger partial charge in [-0.15, -0.1) is 0 Å². The highest BCUT2D eigenvalue weighted by Crippen LogP contribution is 2.16. The van der Waals surface area contributed by atoms with Crippen molar-refractivity contribution in [1.82, 2.24) is 19.8 Å². The number of aliphatic hydroxyl groups is 1. The van der Waals surface area contributed by atoms with Crippen molar-refractivity contribution in [3.05, 3.63) is 18.2 Å². The largest absolute Gasteiger partial charge is 0.389 e. The Morgan fingerprint density at radius 3 is 2.95 bits per heavy atom. The van der Waals surface area contributed by atoms with Crippen LogP contribution in [0.1, 0.15) is 5.82 Å². The highest BCUT2D eigenvalue weighted by atomic mass is 16.5. The topological polar surface area (TPSA) is 71.8 Å². The zero-order valence-corrected chi connectivity index (χ0v) is 12.4. The van der Waals surface area contributed by atoms with E-state index in [1.54, 1.807) is 6.20 Å². The van der Waals surface area contributed by atoms with E-state index >= 15 is 0 Å². The Morgan fingerprint density at radius 1 is 1.43 bits per heavy atom. The number of rotatable bonds is 5. The van der Waals surface area contributed by atoms with E-state index in [1.807, 2.05) is 17.8 Å². The number of hydrogen-bond donors (Lipinski definition) is 2. The number of nitrogens with one attached hydrogen (secondary N) is 1. The van der Waals surface area contributed by atoms with Crippen LogP contribution in [0.4, 0.5) is 0 Å². The standard InChI is InChI=1S/C14H24N4O3/c1-17-3-2-15-13(17)8-16-11-10-21-12(14(11)19)9-18-4-6-20-7-5-18/h2-3,11-12,14,16,19H,4-10H2,1H3. The van der Waals surface area contributed by atoms with E-state index in [1.165, 1.54) is 0 Å². The number of nitrogens with zero attached hydrogens (tertiary/aromatic N) is 3. The van der Waals surface area contributed by atoms with Gasteiger partial charge >= 0.3 is 0 Å². The lowest BCUT2D eigenvalue weighted by atomic mass is 10.1. The predicted molar refractivity (Wildman–Crippen MR) is 76.8 cm³/mol. The molecule has 3 unspecified atom stereocenters. The Labute approximate surface area is 124 Å². The lowest BCUT2D eigenvalue weighted by molar-refractivity contribution is -0.0181. The van der Waals surface area contributed by atoms with Crippen molar-refractivity contribution in [2.24, 2.45) is 7.05 Å². The zero-order chi connectivity index (χ0) is 14.7. The molecule has 0 amide bonds. The van der Waals surface area contributed by atoms with Crippen LogP contribution in [0.5, 0.6) is 0 Å². The first-order chi connectivity index (χ1) is 10.2. The Bertz CT molecular complexity index is 447. The van der Waals surface area contributed by atoms with E-state index in [4.69, 9.17) is 9.47 Å². The van der Waals surface area contributed by atoms with Crippen LogP contribution in [0.2, 0.25) is 0 Å². The summed E-state index contributed by atoms with van der Waals surface area (Å²) >= 11 is 0. The highest BCUT2D eigenvalue weighted by Gasteiger charge is 2.36. The van der Waals surface area contributed by atoms with Gasteiger partial charge in [0.2, 0.25) is 0 Å². The third-order valence-electron chi connectivity index (χ3n) is 4.27. The molecule has 2 aliphatic rings. The Hall–Kier alpha value is -0.990. The van der Waals surface area contributed by atoms with Crippen LogP contribution in [0, 0.1) is 0 Å². The lowest BCUT2D eigenvalue weighted by Crippen LogP contribution is -2.47. The van der Waals surface area contributed by atoms with E-state index in [9.17, 15) is 5.11 Å². The molecule has 3 atom stereocenters. The van der Waals surface area contributed by atoms with Gasteiger partial charge < -0.3 is 24.5 Å². The van der Waals surface area contributed by atoms with Gasteiger partial charge in [-0.3, -0.25) is 4.90 Å². The number of aryl methyl sites for hydroxylation is 1. The molecule has 0 saturated carbocycles. The summed E-state index contributed by atoms with van der Waals surface area (Å²) in [6, 6.07) is -0.0345. The second kappa shape index (κ2) is 6.85. The maximum atomic E-state index is 10.4. The minimum Gasteiger partial charge on any atom is -0.389 e. The van der Waals surface area contributed by atoms with Crippen LogP contribution in [0.25, 0.3) is 0 Å². The summed E-state index contributed by atoms with van der Waals surface area (Å²) in [5, 5.41) is 13.7. The molecule has 2 saturated heterocycles. The predicted octanol–water partition coefficient (Wildman–Crippen LogP) is -1.03. The summed E-state index contributed by atoms with van der Waals surface area (Å²) in [6.45, 7) is 5.31. The molecule has 2 aliphatic heterocycles. The molecule has 1 aromatic rings. The summed E-state index contributed by atoms with van der Waals surface area (Å²) in [5.74, 6) is 0.957. The van der Waals surface area contributed by atoms with Crippen LogP contribution in [0.3, 0.4) is 0 Å². The van der Waals surface area contributed by atoms with Gasteiger partial charge in [0.15, 0.2) is 0 Å². The van der Waals surface area contributed by atoms with E-state index in [2.05, 4.69) is 15.2 Å². The summed E-state index contributed by atoms with van der Waals surface area (Å²) in [6.07, 6.45) is 3.09. The normalized spacial score (nSPS) is 30.9. The quantitative estimate of drug-likeness (QED) is 0.724. The third-order valence-corrected chi connectivity index (χ3v) is 4.27. The van der Waals surface area contributed by atoms with Gasteiger partial charge in [-0.25, -0.2) is 4.98 Å². The van der Waals surface area contributed by atoms with Crippen LogP contribution >= 0.6 is 0 Å². The molecule has 0 aliphatic carbocycles. The molecule has 2 fully saturated rings. The highest BCUT2D eigenvalue weighted by molar-refractivity contribution is 4.95. The zero-order valence-electron chi connectivity index (χ0n) is 12.4. The van der Waals surface area contributed by atoms with E-state index in [0.717, 1.165) is 38.7 Å². The molecule has 0 aromatic carbocycles. The fourth-order valence-electron chi connectivity index (χ4n) is 2.85. The number of hydrogen-bond acceptors (Lipinski definition) is 6. The van der Waals surface area contributed by atoms with Crippen molar-refractivity contribution in [2.45, 2.75) is 24.8 Å². The molecule has 2 N–H and O–H groups in total. The van der Waals surface area contributed by atoms with Gasteiger partial charge in [-0.05, 0) is 0 Å². The van der Waals surface area contributed by atoms with Crippen molar-refractivity contribution >= 4 is 0 Å². The van der Waals surface area contributed by atoms with Crippen LogP contribution in [-0.2, 0) is 23.1 Å². The van der Waals surface area contributed by atoms with E-state index < -0.39 is 6.10 Å². The number of imidazole rings is 1. The fourth-order valence-corrected chi connectivity index (χ4v) is 2.85. The SMILES string of the molecule is Cn1ccnc1CNC1COC(CN2CCOCC2)C1O. The number of aliphatic hydroxyl groups excluding tert-OH is 1. The van der Waals surface area contributed by atoms with Crippen molar-refractivity contribution < 1.29 is 14.6 Å². The molecule has 1 aromatic heterocycles. The molecular formula is C14H24N4O3. The van der Waals surface area contributed by atoms with Crippen molar-refractivity contribution in [3.63, 3.8) is 0 Å². The number of ether oxygens (including phenoxy) is 2. The Morgan fingerprint density at radius 2 is 2.24 bits per heavy atom. The van der Waals surface area contributed by atoms with Crippen LogP contribution in [-0.4, -0.2) is 77.3 Å². The molecule has 7 heteroatoms.